The molecule has 1 nitrogen and oxygen atoms in total. The van der Waals surface area contributed by atoms with Gasteiger partial charge in [-0.15, -0.1) is 0 Å². The van der Waals surface area contributed by atoms with E-state index >= 15 is 0 Å². The van der Waals surface area contributed by atoms with Crippen molar-refractivity contribution in [1.29, 1.82) is 0 Å². The maximum absolute atomic E-state index is 12.5. The highest BCUT2D eigenvalue weighted by Gasteiger charge is 2.29. The zero-order valence-electron chi connectivity index (χ0n) is 11.4. The predicted molar refractivity (Wildman–Crippen MR) is 81.0 cm³/mol. The number of benzene rings is 2. The van der Waals surface area contributed by atoms with Gasteiger partial charge in [0.25, 0.3) is 0 Å². The van der Waals surface area contributed by atoms with E-state index in [4.69, 9.17) is 5.73 Å². The van der Waals surface area contributed by atoms with E-state index in [-0.39, 0.29) is 6.04 Å². The van der Waals surface area contributed by atoms with Gasteiger partial charge in [-0.3, -0.25) is 0 Å². The summed E-state index contributed by atoms with van der Waals surface area (Å²) in [6.45, 7) is 1.97. The van der Waals surface area contributed by atoms with Crippen LogP contribution in [0.25, 0.3) is 0 Å². The summed E-state index contributed by atoms with van der Waals surface area (Å²) in [6, 6.07) is 10.7. The van der Waals surface area contributed by atoms with Gasteiger partial charge in [0.2, 0.25) is 0 Å². The third-order valence-electron chi connectivity index (χ3n) is 3.36. The highest BCUT2D eigenvalue weighted by Crippen LogP contribution is 2.30. The van der Waals surface area contributed by atoms with Crippen molar-refractivity contribution in [2.75, 3.05) is 0 Å². The first-order valence-corrected chi connectivity index (χ1v) is 7.25. The number of rotatable bonds is 3. The lowest BCUT2D eigenvalue weighted by Crippen LogP contribution is -2.14. The molecule has 0 aromatic heterocycles. The van der Waals surface area contributed by atoms with Gasteiger partial charge >= 0.3 is 6.18 Å². The summed E-state index contributed by atoms with van der Waals surface area (Å²) in [5, 5.41) is 0. The first-order valence-electron chi connectivity index (χ1n) is 6.46. The molecular formula is C16H15BrF3N. The summed E-state index contributed by atoms with van der Waals surface area (Å²) in [5.74, 6) is 0. The number of hydrogen-bond donors (Lipinski definition) is 1. The van der Waals surface area contributed by atoms with Gasteiger partial charge in [0, 0.05) is 10.5 Å². The van der Waals surface area contributed by atoms with Crippen molar-refractivity contribution < 1.29 is 13.2 Å². The fraction of sp³-hybridized carbons (Fsp3) is 0.250. The van der Waals surface area contributed by atoms with Gasteiger partial charge in [-0.1, -0.05) is 46.3 Å². The van der Waals surface area contributed by atoms with Gasteiger partial charge in [-0.25, -0.2) is 0 Å². The Hall–Kier alpha value is -1.33. The number of nitrogens with two attached hydrogens (primary N) is 1. The van der Waals surface area contributed by atoms with Crippen LogP contribution in [0.2, 0.25) is 0 Å². The molecule has 2 aromatic rings. The fourth-order valence-corrected chi connectivity index (χ4v) is 2.71. The number of alkyl halides is 3. The monoisotopic (exact) mass is 357 g/mol. The van der Waals surface area contributed by atoms with E-state index in [1.807, 2.05) is 25.1 Å². The van der Waals surface area contributed by atoms with Gasteiger partial charge < -0.3 is 5.73 Å². The molecule has 0 aliphatic heterocycles. The van der Waals surface area contributed by atoms with Crippen LogP contribution in [0.15, 0.2) is 46.9 Å². The van der Waals surface area contributed by atoms with Crippen LogP contribution in [0.3, 0.4) is 0 Å². The van der Waals surface area contributed by atoms with E-state index in [2.05, 4.69) is 15.9 Å². The van der Waals surface area contributed by atoms with Crippen LogP contribution in [0.5, 0.6) is 0 Å². The van der Waals surface area contributed by atoms with Crippen LogP contribution in [-0.2, 0) is 12.6 Å². The molecule has 2 N–H and O–H groups in total. The molecule has 0 heterocycles. The Kier molecular flexibility index (Phi) is 4.74. The average Bonchev–Trinajstić information content (AvgIpc) is 2.41. The normalized spacial score (nSPS) is 13.2. The smallest absolute Gasteiger partial charge is 0.324 e. The summed E-state index contributed by atoms with van der Waals surface area (Å²) in [7, 11) is 0. The van der Waals surface area contributed by atoms with E-state index in [0.717, 1.165) is 33.3 Å². The van der Waals surface area contributed by atoms with Crippen LogP contribution in [0.4, 0.5) is 13.2 Å². The van der Waals surface area contributed by atoms with Crippen LogP contribution in [-0.4, -0.2) is 0 Å². The zero-order chi connectivity index (χ0) is 15.6. The van der Waals surface area contributed by atoms with Gasteiger partial charge in [-0.05, 0) is 42.2 Å². The Bertz CT molecular complexity index is 620. The van der Waals surface area contributed by atoms with Crippen LogP contribution < -0.4 is 5.73 Å². The van der Waals surface area contributed by atoms with E-state index in [0.29, 0.717) is 6.42 Å². The third kappa shape index (κ3) is 3.86. The molecule has 0 radical (unpaired) electrons. The minimum Gasteiger partial charge on any atom is -0.324 e. The highest BCUT2D eigenvalue weighted by molar-refractivity contribution is 9.10. The van der Waals surface area contributed by atoms with Crippen LogP contribution in [0.1, 0.15) is 28.3 Å². The molecule has 5 heteroatoms. The molecule has 1 unspecified atom stereocenters. The van der Waals surface area contributed by atoms with Gasteiger partial charge in [0.05, 0.1) is 5.56 Å². The molecule has 2 aromatic carbocycles. The van der Waals surface area contributed by atoms with Crippen molar-refractivity contribution in [2.45, 2.75) is 25.6 Å². The standard InChI is InChI=1S/C16H15BrF3N/c1-10-3-2-4-13(15(10)17)14(21)9-11-5-7-12(8-6-11)16(18,19)20/h2-8,14H,9,21H2,1H3. The molecule has 0 saturated carbocycles. The lowest BCUT2D eigenvalue weighted by atomic mass is 9.98. The van der Waals surface area contributed by atoms with Crippen molar-refractivity contribution in [1.82, 2.24) is 0 Å². The lowest BCUT2D eigenvalue weighted by molar-refractivity contribution is -0.137. The number of hydrogen-bond acceptors (Lipinski definition) is 1. The summed E-state index contributed by atoms with van der Waals surface area (Å²) in [6.07, 6.45) is -3.82. The zero-order valence-corrected chi connectivity index (χ0v) is 13.0. The molecule has 2 rings (SSSR count). The molecule has 0 bridgehead atoms. The minimum absolute atomic E-state index is 0.268. The van der Waals surface area contributed by atoms with E-state index in [9.17, 15) is 13.2 Å². The molecule has 112 valence electrons. The van der Waals surface area contributed by atoms with Crippen LogP contribution in [0, 0.1) is 6.92 Å². The lowest BCUT2D eigenvalue weighted by Gasteiger charge is -2.16. The molecule has 21 heavy (non-hydrogen) atoms. The molecule has 0 aliphatic carbocycles. The maximum atomic E-state index is 12.5. The molecule has 0 amide bonds. The van der Waals surface area contributed by atoms with Gasteiger partial charge in [-0.2, -0.15) is 13.2 Å². The minimum atomic E-state index is -4.31. The third-order valence-corrected chi connectivity index (χ3v) is 4.44. The first-order chi connectivity index (χ1) is 9.79. The molecular weight excluding hydrogens is 343 g/mol. The van der Waals surface area contributed by atoms with Crippen molar-refractivity contribution in [3.05, 3.63) is 69.2 Å². The van der Waals surface area contributed by atoms with Crippen molar-refractivity contribution in [3.63, 3.8) is 0 Å². The largest absolute Gasteiger partial charge is 0.416 e. The first kappa shape index (κ1) is 16.0. The SMILES string of the molecule is Cc1cccc(C(N)Cc2ccc(C(F)(F)F)cc2)c1Br. The van der Waals surface area contributed by atoms with Gasteiger partial charge in [0.1, 0.15) is 0 Å². The van der Waals surface area contributed by atoms with Crippen LogP contribution >= 0.6 is 15.9 Å². The molecule has 0 fully saturated rings. The van der Waals surface area contributed by atoms with E-state index in [1.54, 1.807) is 0 Å². The second-order valence-electron chi connectivity index (χ2n) is 4.98. The average molecular weight is 358 g/mol. The summed E-state index contributed by atoms with van der Waals surface area (Å²) < 4.78 is 38.5. The van der Waals surface area contributed by atoms with Crippen molar-refractivity contribution in [3.8, 4) is 0 Å². The Balaban J connectivity index is 2.16. The predicted octanol–water partition coefficient (Wildman–Crippen LogP) is 5.02. The second kappa shape index (κ2) is 6.20. The van der Waals surface area contributed by atoms with Crippen molar-refractivity contribution in [2.24, 2.45) is 5.73 Å². The van der Waals surface area contributed by atoms with Gasteiger partial charge in [0.15, 0.2) is 0 Å². The molecule has 0 spiro atoms. The Labute approximate surface area is 130 Å². The summed E-state index contributed by atoms with van der Waals surface area (Å²) in [4.78, 5) is 0. The quantitative estimate of drug-likeness (QED) is 0.819. The molecule has 0 aliphatic rings. The second-order valence-corrected chi connectivity index (χ2v) is 5.78. The number of aryl methyl sites for hydroxylation is 1. The fourth-order valence-electron chi connectivity index (χ4n) is 2.15. The number of halogens is 4. The van der Waals surface area contributed by atoms with E-state index in [1.165, 1.54) is 12.1 Å². The topological polar surface area (TPSA) is 26.0 Å². The Morgan fingerprint density at radius 3 is 2.29 bits per heavy atom. The Morgan fingerprint density at radius 1 is 1.10 bits per heavy atom. The summed E-state index contributed by atoms with van der Waals surface area (Å²) in [5.41, 5.74) is 8.34. The van der Waals surface area contributed by atoms with E-state index < -0.39 is 11.7 Å². The Morgan fingerprint density at radius 2 is 1.71 bits per heavy atom. The highest BCUT2D eigenvalue weighted by atomic mass is 79.9. The maximum Gasteiger partial charge on any atom is 0.416 e. The molecule has 1 atom stereocenters. The van der Waals surface area contributed by atoms with Crippen molar-refractivity contribution >= 4 is 15.9 Å². The summed E-state index contributed by atoms with van der Waals surface area (Å²) >= 11 is 3.50. The molecule has 0 saturated heterocycles.